The molecule has 0 spiro atoms. The quantitative estimate of drug-likeness (QED) is 0.608. The number of halogens is 2. The summed E-state index contributed by atoms with van der Waals surface area (Å²) < 4.78 is 25.2. The predicted octanol–water partition coefficient (Wildman–Crippen LogP) is 1.83. The minimum Gasteiger partial charge on any atom is -0.390 e. The highest BCUT2D eigenvalue weighted by Crippen LogP contribution is 2.36. The average Bonchev–Trinajstić information content (AvgIpc) is 1.88. The number of allylic oxidation sites excluding steroid dienone is 1. The van der Waals surface area contributed by atoms with Crippen molar-refractivity contribution in [3.05, 3.63) is 12.7 Å². The fourth-order valence-corrected chi connectivity index (χ4v) is 0.353. The predicted molar refractivity (Wildman–Crippen MR) is 36.0 cm³/mol. The van der Waals surface area contributed by atoms with Gasteiger partial charge in [-0.1, -0.05) is 19.9 Å². The van der Waals surface area contributed by atoms with Gasteiger partial charge in [-0.3, -0.25) is 0 Å². The number of hydrogen-bond acceptors (Lipinski definition) is 1. The molecular formula is C7H12F2O. The third-order valence-electron chi connectivity index (χ3n) is 1.65. The number of alkyl halides is 2. The fraction of sp³-hybridized carbons (Fsp3) is 0.714. The van der Waals surface area contributed by atoms with Crippen molar-refractivity contribution in [2.75, 3.05) is 6.61 Å². The Kier molecular flexibility index (Phi) is 2.54. The van der Waals surface area contributed by atoms with E-state index in [9.17, 15) is 8.78 Å². The molecule has 0 radical (unpaired) electrons. The SMILES string of the molecule is C=CC(C)(C)C(F)(F)CO. The average molecular weight is 150 g/mol. The molecule has 0 aromatic heterocycles. The Labute approximate surface area is 59.4 Å². The summed E-state index contributed by atoms with van der Waals surface area (Å²) in [6.07, 6.45) is 1.14. The van der Waals surface area contributed by atoms with E-state index in [0.29, 0.717) is 0 Å². The van der Waals surface area contributed by atoms with Crippen molar-refractivity contribution in [2.24, 2.45) is 5.41 Å². The summed E-state index contributed by atoms with van der Waals surface area (Å²) in [6, 6.07) is 0. The van der Waals surface area contributed by atoms with Crippen molar-refractivity contribution in [1.82, 2.24) is 0 Å². The van der Waals surface area contributed by atoms with E-state index in [4.69, 9.17) is 5.11 Å². The maximum atomic E-state index is 12.6. The summed E-state index contributed by atoms with van der Waals surface area (Å²) >= 11 is 0. The molecule has 0 saturated carbocycles. The Morgan fingerprint density at radius 2 is 1.90 bits per heavy atom. The summed E-state index contributed by atoms with van der Waals surface area (Å²) in [4.78, 5) is 0. The second-order valence-corrected chi connectivity index (χ2v) is 2.79. The normalized spacial score (nSPS) is 13.3. The summed E-state index contributed by atoms with van der Waals surface area (Å²) in [6.45, 7) is 4.78. The summed E-state index contributed by atoms with van der Waals surface area (Å²) in [5.74, 6) is -3.07. The minimum atomic E-state index is -3.07. The highest BCUT2D eigenvalue weighted by Gasteiger charge is 2.43. The first-order valence-electron chi connectivity index (χ1n) is 2.99. The van der Waals surface area contributed by atoms with Crippen molar-refractivity contribution in [2.45, 2.75) is 19.8 Å². The van der Waals surface area contributed by atoms with Gasteiger partial charge in [0.25, 0.3) is 5.92 Å². The molecule has 0 aromatic rings. The highest BCUT2D eigenvalue weighted by molar-refractivity contribution is 4.97. The molecule has 10 heavy (non-hydrogen) atoms. The second kappa shape index (κ2) is 2.66. The molecule has 0 aliphatic heterocycles. The molecular weight excluding hydrogens is 138 g/mol. The molecule has 3 heteroatoms. The van der Waals surface area contributed by atoms with Gasteiger partial charge in [0.1, 0.15) is 6.61 Å². The smallest absolute Gasteiger partial charge is 0.278 e. The summed E-state index contributed by atoms with van der Waals surface area (Å²) in [7, 11) is 0. The lowest BCUT2D eigenvalue weighted by molar-refractivity contribution is -0.117. The van der Waals surface area contributed by atoms with Crippen LogP contribution in [0.15, 0.2) is 12.7 Å². The van der Waals surface area contributed by atoms with E-state index in [0.717, 1.165) is 6.08 Å². The first-order chi connectivity index (χ1) is 4.37. The molecule has 0 aromatic carbocycles. The van der Waals surface area contributed by atoms with E-state index in [1.54, 1.807) is 0 Å². The van der Waals surface area contributed by atoms with E-state index in [1.165, 1.54) is 13.8 Å². The van der Waals surface area contributed by atoms with Gasteiger partial charge in [0.15, 0.2) is 0 Å². The lowest BCUT2D eigenvalue weighted by Crippen LogP contribution is -2.38. The van der Waals surface area contributed by atoms with Crippen LogP contribution in [-0.2, 0) is 0 Å². The third-order valence-corrected chi connectivity index (χ3v) is 1.65. The van der Waals surface area contributed by atoms with Crippen LogP contribution >= 0.6 is 0 Å². The van der Waals surface area contributed by atoms with Crippen LogP contribution in [-0.4, -0.2) is 17.6 Å². The molecule has 0 atom stereocenters. The number of rotatable bonds is 3. The molecule has 1 N–H and O–H groups in total. The number of hydrogen-bond donors (Lipinski definition) is 1. The van der Waals surface area contributed by atoms with Crippen molar-refractivity contribution in [1.29, 1.82) is 0 Å². The lowest BCUT2D eigenvalue weighted by Gasteiger charge is -2.29. The van der Waals surface area contributed by atoms with Gasteiger partial charge in [0, 0.05) is 5.41 Å². The van der Waals surface area contributed by atoms with E-state index in [1.807, 2.05) is 0 Å². The molecule has 0 rings (SSSR count). The second-order valence-electron chi connectivity index (χ2n) is 2.79. The molecule has 1 nitrogen and oxygen atoms in total. The van der Waals surface area contributed by atoms with Crippen molar-refractivity contribution < 1.29 is 13.9 Å². The fourth-order valence-electron chi connectivity index (χ4n) is 0.353. The van der Waals surface area contributed by atoms with Crippen LogP contribution in [0.4, 0.5) is 8.78 Å². The van der Waals surface area contributed by atoms with Gasteiger partial charge in [-0.25, -0.2) is 8.78 Å². The largest absolute Gasteiger partial charge is 0.390 e. The van der Waals surface area contributed by atoms with Gasteiger partial charge >= 0.3 is 0 Å². The molecule has 0 saturated heterocycles. The zero-order valence-electron chi connectivity index (χ0n) is 6.19. The van der Waals surface area contributed by atoms with E-state index in [2.05, 4.69) is 6.58 Å². The monoisotopic (exact) mass is 150 g/mol. The van der Waals surface area contributed by atoms with Crippen LogP contribution < -0.4 is 0 Å². The van der Waals surface area contributed by atoms with Crippen LogP contribution in [0.25, 0.3) is 0 Å². The van der Waals surface area contributed by atoms with E-state index >= 15 is 0 Å². The Bertz CT molecular complexity index is 130. The zero-order valence-corrected chi connectivity index (χ0v) is 6.19. The third kappa shape index (κ3) is 1.53. The van der Waals surface area contributed by atoms with E-state index < -0.39 is 17.9 Å². The number of aliphatic hydroxyl groups is 1. The molecule has 0 fully saturated rings. The Hall–Kier alpha value is -0.440. The Morgan fingerprint density at radius 3 is 2.00 bits per heavy atom. The summed E-state index contributed by atoms with van der Waals surface area (Å²) in [5.41, 5.74) is -1.33. The van der Waals surface area contributed by atoms with Gasteiger partial charge in [-0.15, -0.1) is 6.58 Å². The van der Waals surface area contributed by atoms with Gasteiger partial charge in [0.05, 0.1) is 0 Å². The lowest BCUT2D eigenvalue weighted by atomic mass is 9.86. The van der Waals surface area contributed by atoms with Crippen molar-refractivity contribution in [3.8, 4) is 0 Å². The topological polar surface area (TPSA) is 20.2 Å². The van der Waals surface area contributed by atoms with Crippen molar-refractivity contribution >= 4 is 0 Å². The molecule has 60 valence electrons. The molecule has 0 aliphatic rings. The zero-order chi connectivity index (χ0) is 8.41. The highest BCUT2D eigenvalue weighted by atomic mass is 19.3. The van der Waals surface area contributed by atoms with Crippen LogP contribution in [0.3, 0.4) is 0 Å². The van der Waals surface area contributed by atoms with Crippen LogP contribution in [0, 0.1) is 5.41 Å². The molecule has 0 amide bonds. The first-order valence-corrected chi connectivity index (χ1v) is 2.99. The van der Waals surface area contributed by atoms with Crippen LogP contribution in [0.2, 0.25) is 0 Å². The summed E-state index contributed by atoms with van der Waals surface area (Å²) in [5, 5.41) is 8.26. The van der Waals surface area contributed by atoms with Crippen molar-refractivity contribution in [3.63, 3.8) is 0 Å². The van der Waals surface area contributed by atoms with Crippen LogP contribution in [0.1, 0.15) is 13.8 Å². The maximum absolute atomic E-state index is 12.6. The number of aliphatic hydroxyl groups excluding tert-OH is 1. The van der Waals surface area contributed by atoms with Gasteiger partial charge in [-0.2, -0.15) is 0 Å². The van der Waals surface area contributed by atoms with Gasteiger partial charge < -0.3 is 5.11 Å². The molecule has 0 unspecified atom stereocenters. The van der Waals surface area contributed by atoms with Gasteiger partial charge in [0.2, 0.25) is 0 Å². The van der Waals surface area contributed by atoms with Gasteiger partial charge in [-0.05, 0) is 0 Å². The Balaban J connectivity index is 4.43. The maximum Gasteiger partial charge on any atom is 0.278 e. The minimum absolute atomic E-state index is 1.13. The standard InChI is InChI=1S/C7H12F2O/c1-4-6(2,3)7(8,9)5-10/h4,10H,1,5H2,2-3H3. The van der Waals surface area contributed by atoms with Crippen LogP contribution in [0.5, 0.6) is 0 Å². The Morgan fingerprint density at radius 1 is 1.50 bits per heavy atom. The molecule has 0 heterocycles. The van der Waals surface area contributed by atoms with E-state index in [-0.39, 0.29) is 0 Å². The molecule has 0 bridgehead atoms. The molecule has 0 aliphatic carbocycles. The first kappa shape index (κ1) is 9.56.